The van der Waals surface area contributed by atoms with E-state index >= 15 is 0 Å². The summed E-state index contributed by atoms with van der Waals surface area (Å²) in [4.78, 5) is 11.1. The predicted molar refractivity (Wildman–Crippen MR) is 77.4 cm³/mol. The van der Waals surface area contributed by atoms with Gasteiger partial charge < -0.3 is 15.2 Å². The molecule has 0 spiro atoms. The summed E-state index contributed by atoms with van der Waals surface area (Å²) in [6.45, 7) is 1.49. The molecule has 0 aliphatic heterocycles. The quantitative estimate of drug-likeness (QED) is 0.890. The van der Waals surface area contributed by atoms with Crippen molar-refractivity contribution in [2.45, 2.75) is 20.1 Å². The molecule has 2 N–H and O–H groups in total. The van der Waals surface area contributed by atoms with Crippen LogP contribution in [0.2, 0.25) is 0 Å². The van der Waals surface area contributed by atoms with Gasteiger partial charge in [0.15, 0.2) is 0 Å². The zero-order valence-electron chi connectivity index (χ0n) is 11.6. The maximum atomic E-state index is 12.8. The molecule has 1 amide bonds. The smallest absolute Gasteiger partial charge is 0.221 e. The number of amides is 1. The van der Waals surface area contributed by atoms with E-state index in [1.807, 2.05) is 0 Å². The van der Waals surface area contributed by atoms with Gasteiger partial charge >= 0.3 is 0 Å². The molecule has 2 aromatic rings. The third kappa shape index (κ3) is 4.29. The molecule has 0 radical (unpaired) electrons. The largest absolute Gasteiger partial charge is 0.488 e. The monoisotopic (exact) mass is 289 g/mol. The molecule has 2 rings (SSSR count). The topological polar surface area (TPSA) is 58.6 Å². The van der Waals surface area contributed by atoms with Crippen molar-refractivity contribution >= 4 is 11.6 Å². The average molecular weight is 289 g/mol. The Kier molecular flexibility index (Phi) is 4.90. The molecule has 0 aromatic heterocycles. The SMILES string of the molecule is CC(=O)Nc1ccc(CO)c(OCc2ccc(F)cc2)c1. The lowest BCUT2D eigenvalue weighted by atomic mass is 10.2. The second kappa shape index (κ2) is 6.85. The van der Waals surface area contributed by atoms with Crippen LogP contribution in [-0.2, 0) is 18.0 Å². The number of hydrogen-bond donors (Lipinski definition) is 2. The average Bonchev–Trinajstić information content (AvgIpc) is 2.46. The van der Waals surface area contributed by atoms with E-state index in [-0.39, 0.29) is 24.9 Å². The van der Waals surface area contributed by atoms with Crippen molar-refractivity contribution in [2.75, 3.05) is 5.32 Å². The first-order valence-electron chi connectivity index (χ1n) is 6.47. The first-order valence-corrected chi connectivity index (χ1v) is 6.47. The lowest BCUT2D eigenvalue weighted by molar-refractivity contribution is -0.114. The van der Waals surface area contributed by atoms with E-state index in [0.29, 0.717) is 17.0 Å². The van der Waals surface area contributed by atoms with Crippen LogP contribution >= 0.6 is 0 Å². The van der Waals surface area contributed by atoms with Crippen molar-refractivity contribution < 1.29 is 19.0 Å². The second-order valence-corrected chi connectivity index (χ2v) is 4.58. The van der Waals surface area contributed by atoms with Gasteiger partial charge in [0.05, 0.1) is 6.61 Å². The first kappa shape index (κ1) is 15.0. The Labute approximate surface area is 122 Å². The van der Waals surface area contributed by atoms with Gasteiger partial charge in [-0.2, -0.15) is 0 Å². The second-order valence-electron chi connectivity index (χ2n) is 4.58. The minimum atomic E-state index is -0.303. The number of carbonyl (C=O) groups is 1. The highest BCUT2D eigenvalue weighted by atomic mass is 19.1. The van der Waals surface area contributed by atoms with E-state index in [4.69, 9.17) is 4.74 Å². The van der Waals surface area contributed by atoms with Crippen molar-refractivity contribution in [3.05, 3.63) is 59.4 Å². The molecule has 0 heterocycles. The van der Waals surface area contributed by atoms with E-state index in [1.165, 1.54) is 19.1 Å². The van der Waals surface area contributed by atoms with Gasteiger partial charge in [-0.3, -0.25) is 4.79 Å². The van der Waals surface area contributed by atoms with Crippen LogP contribution in [0.25, 0.3) is 0 Å². The number of aliphatic hydroxyl groups is 1. The minimum Gasteiger partial charge on any atom is -0.488 e. The summed E-state index contributed by atoms with van der Waals surface area (Å²) in [6, 6.07) is 11.0. The van der Waals surface area contributed by atoms with E-state index in [0.717, 1.165) is 5.56 Å². The van der Waals surface area contributed by atoms with E-state index < -0.39 is 0 Å². The molecule has 0 atom stereocenters. The first-order chi connectivity index (χ1) is 10.1. The fraction of sp³-hybridized carbons (Fsp3) is 0.188. The molecule has 5 heteroatoms. The van der Waals surface area contributed by atoms with Crippen LogP contribution in [0.3, 0.4) is 0 Å². The summed E-state index contributed by atoms with van der Waals surface area (Å²) in [5.41, 5.74) is 2.02. The fourth-order valence-electron chi connectivity index (χ4n) is 1.84. The van der Waals surface area contributed by atoms with Gasteiger partial charge in [-0.1, -0.05) is 18.2 Å². The van der Waals surface area contributed by atoms with Gasteiger partial charge in [-0.15, -0.1) is 0 Å². The van der Waals surface area contributed by atoms with Gasteiger partial charge in [0.2, 0.25) is 5.91 Å². The Balaban J connectivity index is 2.13. The lowest BCUT2D eigenvalue weighted by Gasteiger charge is -2.12. The summed E-state index contributed by atoms with van der Waals surface area (Å²) in [7, 11) is 0. The van der Waals surface area contributed by atoms with Gasteiger partial charge in [0.1, 0.15) is 18.2 Å². The molecule has 0 aliphatic rings. The molecule has 0 saturated heterocycles. The Morgan fingerprint density at radius 2 is 1.95 bits per heavy atom. The number of ether oxygens (including phenoxy) is 1. The van der Waals surface area contributed by atoms with E-state index in [9.17, 15) is 14.3 Å². The van der Waals surface area contributed by atoms with Crippen LogP contribution in [0.1, 0.15) is 18.1 Å². The molecular formula is C16H16FNO3. The zero-order chi connectivity index (χ0) is 15.2. The number of halogens is 1. The van der Waals surface area contributed by atoms with Crippen LogP contribution in [0.15, 0.2) is 42.5 Å². The number of rotatable bonds is 5. The van der Waals surface area contributed by atoms with Gasteiger partial charge in [-0.25, -0.2) is 4.39 Å². The van der Waals surface area contributed by atoms with Crippen molar-refractivity contribution in [3.8, 4) is 5.75 Å². The summed E-state index contributed by atoms with van der Waals surface area (Å²) in [5, 5.41) is 12.0. The lowest BCUT2D eigenvalue weighted by Crippen LogP contribution is -2.06. The molecule has 0 bridgehead atoms. The maximum absolute atomic E-state index is 12.8. The van der Waals surface area contributed by atoms with E-state index in [2.05, 4.69) is 5.32 Å². The molecule has 0 saturated carbocycles. The molecular weight excluding hydrogens is 273 g/mol. The molecule has 21 heavy (non-hydrogen) atoms. The van der Waals surface area contributed by atoms with Gasteiger partial charge in [0, 0.05) is 24.2 Å². The molecule has 0 unspecified atom stereocenters. The van der Waals surface area contributed by atoms with Crippen LogP contribution in [0, 0.1) is 5.82 Å². The number of nitrogens with one attached hydrogen (secondary N) is 1. The Morgan fingerprint density at radius 1 is 1.24 bits per heavy atom. The number of carbonyl (C=O) groups excluding carboxylic acids is 1. The van der Waals surface area contributed by atoms with Crippen LogP contribution in [0.4, 0.5) is 10.1 Å². The Morgan fingerprint density at radius 3 is 2.57 bits per heavy atom. The van der Waals surface area contributed by atoms with Crippen molar-refractivity contribution in [3.63, 3.8) is 0 Å². The summed E-state index contributed by atoms with van der Waals surface area (Å²) < 4.78 is 18.5. The normalized spacial score (nSPS) is 10.2. The number of benzene rings is 2. The molecule has 2 aromatic carbocycles. The Hall–Kier alpha value is -2.40. The van der Waals surface area contributed by atoms with E-state index in [1.54, 1.807) is 30.3 Å². The number of hydrogen-bond acceptors (Lipinski definition) is 3. The third-order valence-electron chi connectivity index (χ3n) is 2.87. The standard InChI is InChI=1S/C16H16FNO3/c1-11(20)18-15-7-4-13(9-19)16(8-15)21-10-12-2-5-14(17)6-3-12/h2-8,19H,9-10H2,1H3,(H,18,20). The molecule has 4 nitrogen and oxygen atoms in total. The molecule has 110 valence electrons. The maximum Gasteiger partial charge on any atom is 0.221 e. The van der Waals surface area contributed by atoms with Crippen LogP contribution < -0.4 is 10.1 Å². The Bertz CT molecular complexity index is 626. The third-order valence-corrected chi connectivity index (χ3v) is 2.87. The molecule has 0 aliphatic carbocycles. The van der Waals surface area contributed by atoms with Gasteiger partial charge in [-0.05, 0) is 23.8 Å². The van der Waals surface area contributed by atoms with Crippen molar-refractivity contribution in [1.82, 2.24) is 0 Å². The predicted octanol–water partition coefficient (Wildman–Crippen LogP) is 2.86. The van der Waals surface area contributed by atoms with Crippen molar-refractivity contribution in [2.24, 2.45) is 0 Å². The van der Waals surface area contributed by atoms with Crippen LogP contribution in [-0.4, -0.2) is 11.0 Å². The summed E-state index contributed by atoms with van der Waals surface area (Å²) in [6.07, 6.45) is 0. The number of anilines is 1. The summed E-state index contributed by atoms with van der Waals surface area (Å²) in [5.74, 6) is -0.00763. The fourth-order valence-corrected chi connectivity index (χ4v) is 1.84. The minimum absolute atomic E-state index is 0.168. The van der Waals surface area contributed by atoms with Crippen molar-refractivity contribution in [1.29, 1.82) is 0 Å². The highest BCUT2D eigenvalue weighted by molar-refractivity contribution is 5.88. The van der Waals surface area contributed by atoms with Crippen LogP contribution in [0.5, 0.6) is 5.75 Å². The summed E-state index contributed by atoms with van der Waals surface area (Å²) >= 11 is 0. The highest BCUT2D eigenvalue weighted by Crippen LogP contribution is 2.24. The van der Waals surface area contributed by atoms with Gasteiger partial charge in [0.25, 0.3) is 0 Å². The number of aliphatic hydroxyl groups excluding tert-OH is 1. The highest BCUT2D eigenvalue weighted by Gasteiger charge is 2.06. The molecule has 0 fully saturated rings. The zero-order valence-corrected chi connectivity index (χ0v) is 11.6.